The predicted octanol–water partition coefficient (Wildman–Crippen LogP) is 4.05. The first-order valence-corrected chi connectivity index (χ1v) is 11.0. The van der Waals surface area contributed by atoms with Crippen molar-refractivity contribution in [3.8, 4) is 0 Å². The molecule has 0 aliphatic heterocycles. The second-order valence-electron chi connectivity index (χ2n) is 6.61. The Morgan fingerprint density at radius 3 is 2.30 bits per heavy atom. The van der Waals surface area contributed by atoms with Gasteiger partial charge in [0.2, 0.25) is 5.91 Å². The summed E-state index contributed by atoms with van der Waals surface area (Å²) in [6, 6.07) is 15.0. The number of carboxylic acid groups (broad SMARTS) is 1. The number of hydrogen-bond acceptors (Lipinski definition) is 4. The first-order valence-electron chi connectivity index (χ1n) is 9.64. The summed E-state index contributed by atoms with van der Waals surface area (Å²) >= 11 is 1.60. The van der Waals surface area contributed by atoms with E-state index >= 15 is 0 Å². The minimum absolute atomic E-state index is 0.293. The van der Waals surface area contributed by atoms with E-state index in [1.54, 1.807) is 73.3 Å². The molecular weight excluding hydrogens is 400 g/mol. The van der Waals surface area contributed by atoms with Crippen LogP contribution < -0.4 is 10.6 Å². The molecule has 0 aromatic heterocycles. The molecule has 0 saturated heterocycles. The van der Waals surface area contributed by atoms with Crippen LogP contribution in [0.15, 0.2) is 60.2 Å². The van der Waals surface area contributed by atoms with Gasteiger partial charge in [-0.05, 0) is 60.8 Å². The van der Waals surface area contributed by atoms with E-state index in [-0.39, 0.29) is 11.8 Å². The molecule has 2 aromatic rings. The highest BCUT2D eigenvalue weighted by molar-refractivity contribution is 7.98. The fourth-order valence-corrected chi connectivity index (χ4v) is 3.22. The summed E-state index contributed by atoms with van der Waals surface area (Å²) in [5.74, 6) is -0.804. The van der Waals surface area contributed by atoms with Crippen molar-refractivity contribution in [1.82, 2.24) is 5.32 Å². The summed E-state index contributed by atoms with van der Waals surface area (Å²) in [7, 11) is 0. The van der Waals surface area contributed by atoms with Crippen LogP contribution in [0.2, 0.25) is 0 Å². The van der Waals surface area contributed by atoms with Crippen LogP contribution in [0, 0.1) is 0 Å². The molecule has 3 N–H and O–H groups in total. The summed E-state index contributed by atoms with van der Waals surface area (Å²) in [5, 5.41) is 14.8. The number of benzene rings is 2. The molecule has 0 aliphatic rings. The number of carbonyl (C=O) groups excluding carboxylic acids is 2. The van der Waals surface area contributed by atoms with Gasteiger partial charge in [0, 0.05) is 16.8 Å². The second kappa shape index (κ2) is 11.8. The highest BCUT2D eigenvalue weighted by Crippen LogP contribution is 2.15. The summed E-state index contributed by atoms with van der Waals surface area (Å²) in [6.07, 6.45) is 4.48. The Morgan fingerprint density at radius 1 is 1.07 bits per heavy atom. The Bertz CT molecular complexity index is 895. The van der Waals surface area contributed by atoms with E-state index in [0.717, 1.165) is 11.3 Å². The maximum atomic E-state index is 12.8. The smallest absolute Gasteiger partial charge is 0.331 e. The molecule has 6 nitrogen and oxygen atoms in total. The van der Waals surface area contributed by atoms with E-state index in [0.29, 0.717) is 29.7 Å². The number of thioether (sulfide) groups is 1. The van der Waals surface area contributed by atoms with Crippen LogP contribution in [-0.4, -0.2) is 40.9 Å². The van der Waals surface area contributed by atoms with Crippen molar-refractivity contribution in [1.29, 1.82) is 0 Å². The highest BCUT2D eigenvalue weighted by Gasteiger charge is 2.21. The van der Waals surface area contributed by atoms with Crippen molar-refractivity contribution in [2.45, 2.75) is 25.8 Å². The van der Waals surface area contributed by atoms with Gasteiger partial charge in [0.05, 0.1) is 0 Å². The summed E-state index contributed by atoms with van der Waals surface area (Å²) < 4.78 is 0. The molecular formula is C23H26N2O4S. The van der Waals surface area contributed by atoms with Crippen LogP contribution in [0.5, 0.6) is 0 Å². The number of carbonyl (C=O) groups is 3. The minimum Gasteiger partial charge on any atom is -0.478 e. The number of rotatable bonds is 10. The highest BCUT2D eigenvalue weighted by atomic mass is 32.2. The molecule has 158 valence electrons. The molecule has 0 heterocycles. The lowest BCUT2D eigenvalue weighted by molar-refractivity contribution is -0.132. The lowest BCUT2D eigenvalue weighted by Gasteiger charge is -2.18. The number of aliphatic carboxylic acids is 1. The van der Waals surface area contributed by atoms with Crippen molar-refractivity contribution >= 4 is 41.3 Å². The van der Waals surface area contributed by atoms with E-state index in [2.05, 4.69) is 10.6 Å². The van der Waals surface area contributed by atoms with Gasteiger partial charge in [-0.25, -0.2) is 4.79 Å². The molecule has 2 amide bonds. The van der Waals surface area contributed by atoms with E-state index in [1.165, 1.54) is 0 Å². The van der Waals surface area contributed by atoms with Crippen molar-refractivity contribution in [3.63, 3.8) is 0 Å². The molecule has 0 spiro atoms. The fourth-order valence-electron chi connectivity index (χ4n) is 2.74. The summed E-state index contributed by atoms with van der Waals surface area (Å²) in [6.45, 7) is 1.78. The molecule has 0 aliphatic carbocycles. The molecule has 1 unspecified atom stereocenters. The molecule has 0 radical (unpaired) electrons. The van der Waals surface area contributed by atoms with Gasteiger partial charge in [-0.3, -0.25) is 9.59 Å². The average molecular weight is 427 g/mol. The Hall–Kier alpha value is -3.06. The fraction of sp³-hybridized carbons (Fsp3) is 0.261. The quantitative estimate of drug-likeness (QED) is 0.498. The molecule has 30 heavy (non-hydrogen) atoms. The topological polar surface area (TPSA) is 95.5 Å². The van der Waals surface area contributed by atoms with Gasteiger partial charge in [0.1, 0.15) is 6.04 Å². The van der Waals surface area contributed by atoms with Crippen molar-refractivity contribution in [2.24, 2.45) is 0 Å². The third-order valence-electron chi connectivity index (χ3n) is 4.44. The molecule has 0 fully saturated rings. The van der Waals surface area contributed by atoms with E-state index < -0.39 is 12.0 Å². The average Bonchev–Trinajstić information content (AvgIpc) is 2.76. The van der Waals surface area contributed by atoms with Crippen LogP contribution in [0.3, 0.4) is 0 Å². The molecule has 2 rings (SSSR count). The third-order valence-corrected chi connectivity index (χ3v) is 5.09. The first-order chi connectivity index (χ1) is 14.4. The van der Waals surface area contributed by atoms with Crippen LogP contribution in [0.1, 0.15) is 35.7 Å². The standard InChI is InChI=1S/C23H26N2O4S/c1-3-17(23(28)29)15-16-9-11-19(12-10-16)24-22(27)20(13-14-30-2)25-21(26)18-7-5-4-6-8-18/h4-12,15,20H,3,13-14H2,1-2H3,(H,24,27)(H,25,26)(H,28,29). The predicted molar refractivity (Wildman–Crippen MR) is 122 cm³/mol. The van der Waals surface area contributed by atoms with Crippen LogP contribution in [0.4, 0.5) is 5.69 Å². The zero-order valence-electron chi connectivity index (χ0n) is 17.1. The van der Waals surface area contributed by atoms with E-state index in [9.17, 15) is 14.4 Å². The largest absolute Gasteiger partial charge is 0.478 e. The lowest BCUT2D eigenvalue weighted by Crippen LogP contribution is -2.44. The van der Waals surface area contributed by atoms with Crippen LogP contribution >= 0.6 is 11.8 Å². The van der Waals surface area contributed by atoms with Gasteiger partial charge >= 0.3 is 5.97 Å². The third kappa shape index (κ3) is 7.08. The molecule has 1 atom stereocenters. The molecule has 0 bridgehead atoms. The van der Waals surface area contributed by atoms with Gasteiger partial charge in [-0.1, -0.05) is 37.3 Å². The Morgan fingerprint density at radius 2 is 1.73 bits per heavy atom. The normalized spacial score (nSPS) is 12.1. The zero-order valence-corrected chi connectivity index (χ0v) is 17.9. The number of nitrogens with one attached hydrogen (secondary N) is 2. The molecule has 2 aromatic carbocycles. The number of anilines is 1. The van der Waals surface area contributed by atoms with Crippen LogP contribution in [0.25, 0.3) is 6.08 Å². The minimum atomic E-state index is -0.944. The summed E-state index contributed by atoms with van der Waals surface area (Å²) in [4.78, 5) is 36.4. The SMILES string of the molecule is CCC(=Cc1ccc(NC(=O)C(CCSC)NC(=O)c2ccccc2)cc1)C(=O)O. The maximum absolute atomic E-state index is 12.8. The molecule has 7 heteroatoms. The van der Waals surface area contributed by atoms with Gasteiger partial charge < -0.3 is 15.7 Å². The van der Waals surface area contributed by atoms with Gasteiger partial charge in [0.15, 0.2) is 0 Å². The Labute approximate surface area is 180 Å². The van der Waals surface area contributed by atoms with Crippen molar-refractivity contribution in [2.75, 3.05) is 17.3 Å². The lowest BCUT2D eigenvalue weighted by atomic mass is 10.1. The van der Waals surface area contributed by atoms with Crippen molar-refractivity contribution < 1.29 is 19.5 Å². The number of amides is 2. The summed E-state index contributed by atoms with van der Waals surface area (Å²) in [5.41, 5.74) is 2.13. The second-order valence-corrected chi connectivity index (χ2v) is 7.60. The Balaban J connectivity index is 2.07. The van der Waals surface area contributed by atoms with Gasteiger partial charge in [-0.2, -0.15) is 11.8 Å². The van der Waals surface area contributed by atoms with E-state index in [1.807, 2.05) is 12.3 Å². The Kier molecular flexibility index (Phi) is 9.15. The van der Waals surface area contributed by atoms with Crippen molar-refractivity contribution in [3.05, 3.63) is 71.3 Å². The van der Waals surface area contributed by atoms with Gasteiger partial charge in [0.25, 0.3) is 5.91 Å². The number of hydrogen-bond donors (Lipinski definition) is 3. The number of carboxylic acids is 1. The van der Waals surface area contributed by atoms with Gasteiger partial charge in [-0.15, -0.1) is 0 Å². The van der Waals surface area contributed by atoms with Crippen LogP contribution in [-0.2, 0) is 9.59 Å². The van der Waals surface area contributed by atoms with E-state index in [4.69, 9.17) is 5.11 Å². The monoisotopic (exact) mass is 426 g/mol. The zero-order chi connectivity index (χ0) is 21.9. The first kappa shape index (κ1) is 23.2. The molecule has 0 saturated carbocycles. The maximum Gasteiger partial charge on any atom is 0.331 e.